The van der Waals surface area contributed by atoms with Crippen molar-refractivity contribution in [2.24, 2.45) is 5.92 Å². The minimum Gasteiger partial charge on any atom is -0.376 e. The summed E-state index contributed by atoms with van der Waals surface area (Å²) in [5.74, 6) is 0.629. The molecule has 1 aliphatic rings. The van der Waals surface area contributed by atoms with Crippen molar-refractivity contribution in [1.29, 1.82) is 0 Å². The predicted octanol–water partition coefficient (Wildman–Crippen LogP) is 1.82. The lowest BCUT2D eigenvalue weighted by Crippen LogP contribution is -2.30. The fourth-order valence-electron chi connectivity index (χ4n) is 1.94. The van der Waals surface area contributed by atoms with Crippen LogP contribution in [-0.2, 0) is 4.74 Å². The van der Waals surface area contributed by atoms with Gasteiger partial charge in [0.05, 0.1) is 6.10 Å². The molecule has 0 radical (unpaired) electrons. The van der Waals surface area contributed by atoms with Gasteiger partial charge in [-0.1, -0.05) is 18.3 Å². The van der Waals surface area contributed by atoms with E-state index < -0.39 is 0 Å². The molecule has 1 saturated heterocycles. The van der Waals surface area contributed by atoms with E-state index in [0.29, 0.717) is 18.2 Å². The van der Waals surface area contributed by atoms with Crippen molar-refractivity contribution in [3.8, 4) is 0 Å². The molecule has 100 valence electrons. The maximum Gasteiger partial charge on any atom is 0.275 e. The Kier molecular flexibility index (Phi) is 4.66. The number of nitrogens with zero attached hydrogens (tertiary/aromatic N) is 3. The van der Waals surface area contributed by atoms with Gasteiger partial charge in [-0.3, -0.25) is 4.79 Å². The lowest BCUT2D eigenvalue weighted by molar-refractivity contribution is 0.0482. The van der Waals surface area contributed by atoms with Crippen LogP contribution in [0.15, 0.2) is 5.38 Å². The molecule has 1 aliphatic heterocycles. The number of amides is 1. The summed E-state index contributed by atoms with van der Waals surface area (Å²) in [6, 6.07) is 0. The first-order valence-electron chi connectivity index (χ1n) is 6.34. The second-order valence-electron chi connectivity index (χ2n) is 5.01. The maximum absolute atomic E-state index is 12.0. The van der Waals surface area contributed by atoms with Crippen molar-refractivity contribution >= 4 is 17.4 Å². The standard InChI is InChI=1S/C12H19N3O2S/c1-9(2)4-6-17-10-3-5-15(7-10)12(16)11-8-18-14-13-11/h8-10H,3-7H2,1-2H3/t10-/m1/s1. The summed E-state index contributed by atoms with van der Waals surface area (Å²) in [6.45, 7) is 6.58. The number of hydrogen-bond donors (Lipinski definition) is 0. The lowest BCUT2D eigenvalue weighted by atomic mass is 10.1. The Morgan fingerprint density at radius 2 is 2.50 bits per heavy atom. The minimum atomic E-state index is -0.0290. The lowest BCUT2D eigenvalue weighted by Gasteiger charge is -2.15. The van der Waals surface area contributed by atoms with Gasteiger partial charge in [-0.05, 0) is 30.3 Å². The Hall–Kier alpha value is -1.01. The van der Waals surface area contributed by atoms with Gasteiger partial charge in [0.15, 0.2) is 5.69 Å². The molecular formula is C12H19N3O2S. The molecule has 2 rings (SSSR count). The Morgan fingerprint density at radius 1 is 1.67 bits per heavy atom. The van der Waals surface area contributed by atoms with Gasteiger partial charge in [-0.2, -0.15) is 0 Å². The molecule has 1 aromatic rings. The molecule has 0 N–H and O–H groups in total. The fourth-order valence-corrected chi connectivity index (χ4v) is 2.37. The number of ether oxygens (including phenoxy) is 1. The smallest absolute Gasteiger partial charge is 0.275 e. The van der Waals surface area contributed by atoms with E-state index >= 15 is 0 Å². The Morgan fingerprint density at radius 3 is 3.17 bits per heavy atom. The van der Waals surface area contributed by atoms with E-state index in [9.17, 15) is 4.79 Å². The molecule has 18 heavy (non-hydrogen) atoms. The molecule has 0 saturated carbocycles. The predicted molar refractivity (Wildman–Crippen MR) is 69.6 cm³/mol. The molecule has 0 aliphatic carbocycles. The summed E-state index contributed by atoms with van der Waals surface area (Å²) in [5.41, 5.74) is 0.447. The topological polar surface area (TPSA) is 55.3 Å². The van der Waals surface area contributed by atoms with Gasteiger partial charge >= 0.3 is 0 Å². The molecule has 1 aromatic heterocycles. The monoisotopic (exact) mass is 269 g/mol. The molecule has 6 heteroatoms. The van der Waals surface area contributed by atoms with Crippen molar-refractivity contribution < 1.29 is 9.53 Å². The highest BCUT2D eigenvalue weighted by molar-refractivity contribution is 7.03. The third kappa shape index (κ3) is 3.49. The molecule has 0 spiro atoms. The van der Waals surface area contributed by atoms with Crippen molar-refractivity contribution in [2.45, 2.75) is 32.8 Å². The van der Waals surface area contributed by atoms with E-state index in [2.05, 4.69) is 23.4 Å². The highest BCUT2D eigenvalue weighted by atomic mass is 32.1. The highest BCUT2D eigenvalue weighted by Gasteiger charge is 2.28. The largest absolute Gasteiger partial charge is 0.376 e. The molecule has 2 heterocycles. The molecular weight excluding hydrogens is 250 g/mol. The summed E-state index contributed by atoms with van der Waals surface area (Å²) < 4.78 is 9.50. The van der Waals surface area contributed by atoms with Crippen molar-refractivity contribution in [3.05, 3.63) is 11.1 Å². The first-order valence-corrected chi connectivity index (χ1v) is 7.18. The van der Waals surface area contributed by atoms with Crippen molar-refractivity contribution in [3.63, 3.8) is 0 Å². The maximum atomic E-state index is 12.0. The van der Waals surface area contributed by atoms with Gasteiger partial charge in [0.2, 0.25) is 0 Å². The number of carbonyl (C=O) groups excluding carboxylic acids is 1. The zero-order valence-corrected chi connectivity index (χ0v) is 11.7. The van der Waals surface area contributed by atoms with E-state index in [0.717, 1.165) is 26.0 Å². The molecule has 0 unspecified atom stereocenters. The number of carbonyl (C=O) groups is 1. The van der Waals surface area contributed by atoms with Gasteiger partial charge < -0.3 is 9.64 Å². The van der Waals surface area contributed by atoms with E-state index in [4.69, 9.17) is 4.74 Å². The third-order valence-corrected chi connectivity index (χ3v) is 3.56. The summed E-state index contributed by atoms with van der Waals surface area (Å²) >= 11 is 1.20. The first-order chi connectivity index (χ1) is 8.66. The Labute approximate surface area is 111 Å². The molecule has 1 fully saturated rings. The van der Waals surface area contributed by atoms with Gasteiger partial charge in [0.25, 0.3) is 5.91 Å². The molecule has 0 bridgehead atoms. The molecule has 0 aromatic carbocycles. The van der Waals surface area contributed by atoms with Gasteiger partial charge in [0.1, 0.15) is 0 Å². The molecule has 1 atom stereocenters. The van der Waals surface area contributed by atoms with Gasteiger partial charge in [-0.25, -0.2) is 0 Å². The van der Waals surface area contributed by atoms with Crippen LogP contribution >= 0.6 is 11.5 Å². The fraction of sp³-hybridized carbons (Fsp3) is 0.750. The van der Waals surface area contributed by atoms with Crippen LogP contribution in [0, 0.1) is 5.92 Å². The van der Waals surface area contributed by atoms with Crippen LogP contribution in [0.4, 0.5) is 0 Å². The SMILES string of the molecule is CC(C)CCO[C@@H]1CCN(C(=O)c2csnn2)C1. The van der Waals surface area contributed by atoms with Crippen LogP contribution in [0.1, 0.15) is 37.2 Å². The number of aromatic nitrogens is 2. The van der Waals surface area contributed by atoms with Crippen LogP contribution in [0.2, 0.25) is 0 Å². The van der Waals surface area contributed by atoms with Gasteiger partial charge in [0, 0.05) is 25.1 Å². The number of hydrogen-bond acceptors (Lipinski definition) is 5. The summed E-state index contributed by atoms with van der Waals surface area (Å²) in [6.07, 6.45) is 2.17. The number of likely N-dealkylation sites (tertiary alicyclic amines) is 1. The quantitative estimate of drug-likeness (QED) is 0.818. The second kappa shape index (κ2) is 6.24. The zero-order chi connectivity index (χ0) is 13.0. The van der Waals surface area contributed by atoms with Gasteiger partial charge in [-0.15, -0.1) is 5.10 Å². The summed E-state index contributed by atoms with van der Waals surface area (Å²) in [4.78, 5) is 13.8. The molecule has 1 amide bonds. The van der Waals surface area contributed by atoms with Crippen LogP contribution in [0.5, 0.6) is 0 Å². The summed E-state index contributed by atoms with van der Waals surface area (Å²) in [7, 11) is 0. The average Bonchev–Trinajstić information content (AvgIpc) is 2.99. The van der Waals surface area contributed by atoms with E-state index in [1.807, 2.05) is 0 Å². The first kappa shape index (κ1) is 13.4. The molecule has 5 nitrogen and oxygen atoms in total. The van der Waals surface area contributed by atoms with Crippen LogP contribution < -0.4 is 0 Å². The van der Waals surface area contributed by atoms with E-state index in [1.165, 1.54) is 11.5 Å². The van der Waals surface area contributed by atoms with Crippen molar-refractivity contribution in [1.82, 2.24) is 14.5 Å². The van der Waals surface area contributed by atoms with Crippen LogP contribution in [-0.4, -0.2) is 46.2 Å². The average molecular weight is 269 g/mol. The Balaban J connectivity index is 1.76. The Bertz CT molecular complexity index is 381. The van der Waals surface area contributed by atoms with Crippen LogP contribution in [0.3, 0.4) is 0 Å². The highest BCUT2D eigenvalue weighted by Crippen LogP contribution is 2.16. The number of rotatable bonds is 5. The van der Waals surface area contributed by atoms with E-state index in [-0.39, 0.29) is 12.0 Å². The van der Waals surface area contributed by atoms with E-state index in [1.54, 1.807) is 10.3 Å². The normalized spacial score (nSPS) is 19.7. The third-order valence-electron chi connectivity index (χ3n) is 3.06. The minimum absolute atomic E-state index is 0.0290. The second-order valence-corrected chi connectivity index (χ2v) is 5.62. The summed E-state index contributed by atoms with van der Waals surface area (Å²) in [5, 5.41) is 5.50. The zero-order valence-electron chi connectivity index (χ0n) is 10.8. The van der Waals surface area contributed by atoms with Crippen LogP contribution in [0.25, 0.3) is 0 Å². The van der Waals surface area contributed by atoms with Crippen molar-refractivity contribution in [2.75, 3.05) is 19.7 Å².